The van der Waals surface area contributed by atoms with Crippen molar-refractivity contribution in [2.75, 3.05) is 39.6 Å². The zero-order valence-corrected chi connectivity index (χ0v) is 62.3. The largest absolute Gasteiger partial charge is 0.472 e. The van der Waals surface area contributed by atoms with Crippen molar-refractivity contribution >= 4 is 39.5 Å². The summed E-state index contributed by atoms with van der Waals surface area (Å²) < 4.78 is 68.4. The van der Waals surface area contributed by atoms with E-state index in [1.807, 2.05) is 0 Å². The van der Waals surface area contributed by atoms with E-state index in [9.17, 15) is 43.2 Å². The van der Waals surface area contributed by atoms with Crippen LogP contribution in [0.15, 0.2) is 0 Å². The Kier molecular flexibility index (Phi) is 64.6. The molecule has 0 aliphatic rings. The maximum Gasteiger partial charge on any atom is 0.472 e. The topological polar surface area (TPSA) is 237 Å². The second-order valence-corrected chi connectivity index (χ2v) is 30.5. The lowest BCUT2D eigenvalue weighted by atomic mass is 10.0. The number of aliphatic hydroxyl groups excluding tert-OH is 1. The van der Waals surface area contributed by atoms with Gasteiger partial charge in [-0.3, -0.25) is 37.3 Å². The van der Waals surface area contributed by atoms with Crippen LogP contribution < -0.4 is 0 Å². The number of hydrogen-bond acceptors (Lipinski definition) is 15. The number of carbonyl (C=O) groups excluding carboxylic acids is 4. The van der Waals surface area contributed by atoms with E-state index in [2.05, 4.69) is 41.5 Å². The molecule has 0 heterocycles. The zero-order chi connectivity index (χ0) is 68.6. The summed E-state index contributed by atoms with van der Waals surface area (Å²) in [7, 11) is -9.91. The highest BCUT2D eigenvalue weighted by Gasteiger charge is 2.30. The van der Waals surface area contributed by atoms with Gasteiger partial charge in [-0.05, 0) is 37.5 Å². The van der Waals surface area contributed by atoms with E-state index in [0.29, 0.717) is 25.7 Å². The molecule has 3 N–H and O–H groups in total. The second-order valence-electron chi connectivity index (χ2n) is 27.6. The first-order chi connectivity index (χ1) is 44.9. The van der Waals surface area contributed by atoms with Crippen molar-refractivity contribution in [3.8, 4) is 0 Å². The summed E-state index contributed by atoms with van der Waals surface area (Å²) in [6, 6.07) is 0. The molecule has 0 saturated carbocycles. The van der Waals surface area contributed by atoms with Gasteiger partial charge in [0.25, 0.3) is 0 Å². The normalized spacial score (nSPS) is 14.1. The molecule has 0 aromatic carbocycles. The average Bonchev–Trinajstić information content (AvgIpc) is 2.29. The second kappa shape index (κ2) is 66.0. The van der Waals surface area contributed by atoms with Crippen LogP contribution in [0.2, 0.25) is 0 Å². The van der Waals surface area contributed by atoms with Gasteiger partial charge < -0.3 is 33.8 Å². The minimum absolute atomic E-state index is 0.106. The molecule has 552 valence electrons. The lowest BCUT2D eigenvalue weighted by Gasteiger charge is -2.21. The van der Waals surface area contributed by atoms with Gasteiger partial charge in [0.05, 0.1) is 26.4 Å². The fourth-order valence-corrected chi connectivity index (χ4v) is 12.9. The Morgan fingerprint density at radius 2 is 0.495 bits per heavy atom. The monoisotopic (exact) mass is 1370 g/mol. The molecular formula is C74H144O17P2. The lowest BCUT2D eigenvalue weighted by molar-refractivity contribution is -0.161. The van der Waals surface area contributed by atoms with E-state index in [1.165, 1.54) is 199 Å². The number of rotatable bonds is 73. The summed E-state index contributed by atoms with van der Waals surface area (Å²) in [5, 5.41) is 10.6. The first kappa shape index (κ1) is 91.1. The predicted molar refractivity (Wildman–Crippen MR) is 377 cm³/mol. The van der Waals surface area contributed by atoms with Crippen LogP contribution in [-0.4, -0.2) is 96.7 Å². The first-order valence-electron chi connectivity index (χ1n) is 38.5. The summed E-state index contributed by atoms with van der Waals surface area (Å²) in [6.45, 7) is 9.58. The van der Waals surface area contributed by atoms with Crippen LogP contribution in [0.25, 0.3) is 0 Å². The van der Waals surface area contributed by atoms with Gasteiger partial charge >= 0.3 is 39.5 Å². The Bertz CT molecular complexity index is 1800. The molecule has 0 aromatic rings. The minimum atomic E-state index is -4.96. The van der Waals surface area contributed by atoms with E-state index in [4.69, 9.17) is 37.0 Å². The molecule has 0 amide bonds. The van der Waals surface area contributed by atoms with Gasteiger partial charge in [-0.15, -0.1) is 0 Å². The number of hydrogen-bond donors (Lipinski definition) is 3. The quantitative estimate of drug-likeness (QED) is 0.0222. The van der Waals surface area contributed by atoms with Gasteiger partial charge in [-0.1, -0.05) is 330 Å². The fourth-order valence-electron chi connectivity index (χ4n) is 11.3. The number of ether oxygens (including phenoxy) is 4. The van der Waals surface area contributed by atoms with E-state index in [-0.39, 0.29) is 25.7 Å². The molecule has 0 radical (unpaired) electrons. The predicted octanol–water partition coefficient (Wildman–Crippen LogP) is 21.6. The van der Waals surface area contributed by atoms with Crippen LogP contribution in [0.4, 0.5) is 0 Å². The zero-order valence-electron chi connectivity index (χ0n) is 60.6. The Balaban J connectivity index is 5.24. The summed E-state index contributed by atoms with van der Waals surface area (Å²) >= 11 is 0. The standard InChI is InChI=1S/C74H144O17P2/c1-7-9-11-13-15-17-19-20-24-27-33-39-45-51-57-72(77)85-63-69(90-73(78)58-52-46-40-34-28-25-22-21-23-26-30-36-42-48-54-66(3)4)64-88-92(80,81)86-60-68(75)61-87-93(82,83)89-65-70(62-84-71(76)56-50-44-38-32-18-16-14-12-10-8-2)91-74(79)59-53-47-41-35-29-31-37-43-49-55-67(5)6/h66-70,75H,7-65H2,1-6H3,(H,80,81)(H,82,83)/t68-,69-,70-/m1/s1. The van der Waals surface area contributed by atoms with Crippen molar-refractivity contribution in [1.29, 1.82) is 0 Å². The van der Waals surface area contributed by atoms with E-state index in [1.54, 1.807) is 0 Å². The van der Waals surface area contributed by atoms with E-state index in [0.717, 1.165) is 102 Å². The SMILES string of the molecule is CCCCCCCCCCCCCCCCC(=O)OC[C@H](COP(=O)(O)OC[C@@H](O)COP(=O)(O)OC[C@@H](COC(=O)CCCCCCCCCCCC)OC(=O)CCCCCCCCCCCC(C)C)OC(=O)CCCCCCCCCCCCCCCCC(C)C. The third-order valence-corrected chi connectivity index (χ3v) is 19.1. The van der Waals surface area contributed by atoms with Gasteiger partial charge in [0.15, 0.2) is 12.2 Å². The van der Waals surface area contributed by atoms with Crippen molar-refractivity contribution < 1.29 is 80.2 Å². The van der Waals surface area contributed by atoms with Crippen LogP contribution in [0, 0.1) is 11.8 Å². The van der Waals surface area contributed by atoms with Crippen molar-refractivity contribution in [2.24, 2.45) is 11.8 Å². The maximum absolute atomic E-state index is 13.1. The Labute approximate surface area is 568 Å². The molecule has 93 heavy (non-hydrogen) atoms. The highest BCUT2D eigenvalue weighted by molar-refractivity contribution is 7.47. The molecular weight excluding hydrogens is 1220 g/mol. The van der Waals surface area contributed by atoms with Crippen molar-refractivity contribution in [3.63, 3.8) is 0 Å². The molecule has 19 heteroatoms. The summed E-state index contributed by atoms with van der Waals surface area (Å²) in [4.78, 5) is 72.7. The summed E-state index contributed by atoms with van der Waals surface area (Å²) in [5.74, 6) is -0.586. The highest BCUT2D eigenvalue weighted by Crippen LogP contribution is 2.45. The van der Waals surface area contributed by atoms with Crippen LogP contribution >= 0.6 is 15.6 Å². The minimum Gasteiger partial charge on any atom is -0.462 e. The van der Waals surface area contributed by atoms with E-state index >= 15 is 0 Å². The highest BCUT2D eigenvalue weighted by atomic mass is 31.2. The molecule has 2 unspecified atom stereocenters. The lowest BCUT2D eigenvalue weighted by Crippen LogP contribution is -2.30. The van der Waals surface area contributed by atoms with Crippen LogP contribution in [0.3, 0.4) is 0 Å². The number of aliphatic hydroxyl groups is 1. The van der Waals surface area contributed by atoms with Crippen molar-refractivity contribution in [3.05, 3.63) is 0 Å². The molecule has 0 fully saturated rings. The molecule has 0 aliphatic carbocycles. The first-order valence-corrected chi connectivity index (χ1v) is 41.5. The molecule has 17 nitrogen and oxygen atoms in total. The smallest absolute Gasteiger partial charge is 0.462 e. The molecule has 0 aliphatic heterocycles. The summed E-state index contributed by atoms with van der Waals surface area (Å²) in [5.41, 5.74) is 0. The molecule has 0 rings (SSSR count). The number of phosphoric ester groups is 2. The Morgan fingerprint density at radius 1 is 0.290 bits per heavy atom. The molecule has 0 saturated heterocycles. The van der Waals surface area contributed by atoms with Crippen molar-refractivity contribution in [1.82, 2.24) is 0 Å². The number of carbonyl (C=O) groups is 4. The fraction of sp³-hybridized carbons (Fsp3) is 0.946. The maximum atomic E-state index is 13.1. The van der Waals surface area contributed by atoms with Gasteiger partial charge in [-0.25, -0.2) is 9.13 Å². The van der Waals surface area contributed by atoms with Crippen LogP contribution in [-0.2, 0) is 65.4 Å². The number of unbranched alkanes of at least 4 members (excludes halogenated alkanes) is 43. The van der Waals surface area contributed by atoms with Crippen LogP contribution in [0.1, 0.15) is 382 Å². The van der Waals surface area contributed by atoms with Crippen LogP contribution in [0.5, 0.6) is 0 Å². The van der Waals surface area contributed by atoms with Gasteiger partial charge in [0.2, 0.25) is 0 Å². The Morgan fingerprint density at radius 3 is 0.731 bits per heavy atom. The van der Waals surface area contributed by atoms with E-state index < -0.39 is 97.5 Å². The molecule has 0 aromatic heterocycles. The van der Waals surface area contributed by atoms with Gasteiger partial charge in [0.1, 0.15) is 19.3 Å². The number of phosphoric acid groups is 2. The van der Waals surface area contributed by atoms with Gasteiger partial charge in [-0.2, -0.15) is 0 Å². The average molecular weight is 1370 g/mol. The van der Waals surface area contributed by atoms with Gasteiger partial charge in [0, 0.05) is 25.7 Å². The third-order valence-electron chi connectivity index (χ3n) is 17.2. The Hall–Kier alpha value is -1.94. The summed E-state index contributed by atoms with van der Waals surface area (Å²) in [6.07, 6.45) is 52.6. The third kappa shape index (κ3) is 68.4. The molecule has 0 spiro atoms. The number of esters is 4. The van der Waals surface area contributed by atoms with Crippen molar-refractivity contribution in [2.45, 2.75) is 400 Å². The molecule has 5 atom stereocenters. The molecule has 0 bridgehead atoms.